The van der Waals surface area contributed by atoms with Gasteiger partial charge in [0, 0.05) is 7.05 Å². The highest BCUT2D eigenvalue weighted by molar-refractivity contribution is 8.18. The molecular weight excluding hydrogens is 404 g/mol. The van der Waals surface area contributed by atoms with Crippen LogP contribution in [-0.2, 0) is 4.79 Å². The minimum atomic E-state index is -1.03. The van der Waals surface area contributed by atoms with Crippen molar-refractivity contribution in [2.75, 3.05) is 14.2 Å². The summed E-state index contributed by atoms with van der Waals surface area (Å²) in [5.74, 6) is 0.00792. The molecule has 1 heterocycles. The normalized spacial score (nSPS) is 16.6. The third-order valence-electron chi connectivity index (χ3n) is 4.17. The van der Waals surface area contributed by atoms with Gasteiger partial charge in [0.2, 0.25) is 0 Å². The number of aliphatic imine (C=N–C) groups is 1. The minimum Gasteiger partial charge on any atom is -0.493 e. The molecular formula is C22H22N2O5S. The zero-order valence-electron chi connectivity index (χ0n) is 17.1. The van der Waals surface area contributed by atoms with E-state index in [0.29, 0.717) is 27.3 Å². The summed E-state index contributed by atoms with van der Waals surface area (Å²) >= 11 is 1.23. The fourth-order valence-corrected chi connectivity index (χ4v) is 3.73. The number of likely N-dealkylation sites (N-methyl/N-ethyl adjacent to an activating group) is 1. The van der Waals surface area contributed by atoms with E-state index in [1.54, 1.807) is 32.4 Å². The minimum absolute atomic E-state index is 0.0159. The number of methoxy groups -OCH3 is 1. The molecule has 1 saturated heterocycles. The van der Waals surface area contributed by atoms with Gasteiger partial charge in [-0.15, -0.1) is 0 Å². The van der Waals surface area contributed by atoms with Crippen LogP contribution in [0, 0.1) is 0 Å². The third-order valence-corrected chi connectivity index (χ3v) is 5.23. The summed E-state index contributed by atoms with van der Waals surface area (Å²) in [6, 6.07) is 11.7. The first-order chi connectivity index (χ1) is 14.3. The Labute approximate surface area is 179 Å². The van der Waals surface area contributed by atoms with Crippen LogP contribution < -0.4 is 9.47 Å². The molecule has 3 rings (SSSR count). The molecule has 1 aliphatic heterocycles. The molecule has 156 valence electrons. The quantitative estimate of drug-likeness (QED) is 0.688. The molecule has 1 amide bonds. The lowest BCUT2D eigenvalue weighted by Crippen LogP contribution is -2.23. The van der Waals surface area contributed by atoms with Gasteiger partial charge in [0.25, 0.3) is 5.91 Å². The van der Waals surface area contributed by atoms with Gasteiger partial charge in [-0.1, -0.05) is 12.1 Å². The van der Waals surface area contributed by atoms with Crippen LogP contribution in [0.5, 0.6) is 11.5 Å². The van der Waals surface area contributed by atoms with Crippen molar-refractivity contribution in [3.05, 3.63) is 58.5 Å². The number of nitrogens with zero attached hydrogens (tertiary/aromatic N) is 2. The van der Waals surface area contributed by atoms with Crippen molar-refractivity contribution in [1.29, 1.82) is 0 Å². The van der Waals surface area contributed by atoms with Crippen LogP contribution in [0.25, 0.3) is 6.08 Å². The average molecular weight is 426 g/mol. The molecule has 1 aliphatic rings. The second-order valence-corrected chi connectivity index (χ2v) is 7.81. The molecule has 30 heavy (non-hydrogen) atoms. The van der Waals surface area contributed by atoms with E-state index in [2.05, 4.69) is 4.99 Å². The topological polar surface area (TPSA) is 88.4 Å². The number of carboxylic acids is 1. The number of carbonyl (C=O) groups is 2. The van der Waals surface area contributed by atoms with Crippen LogP contribution >= 0.6 is 11.8 Å². The molecule has 0 unspecified atom stereocenters. The number of carboxylic acid groups (broad SMARTS) is 1. The van der Waals surface area contributed by atoms with E-state index in [1.165, 1.54) is 28.8 Å². The van der Waals surface area contributed by atoms with Gasteiger partial charge in [0.05, 0.1) is 29.4 Å². The lowest BCUT2D eigenvalue weighted by molar-refractivity contribution is -0.121. The molecule has 0 aromatic heterocycles. The Morgan fingerprint density at radius 2 is 1.97 bits per heavy atom. The van der Waals surface area contributed by atoms with Gasteiger partial charge in [-0.2, -0.15) is 0 Å². The van der Waals surface area contributed by atoms with E-state index in [0.717, 1.165) is 5.56 Å². The molecule has 0 bridgehead atoms. The maximum absolute atomic E-state index is 12.7. The van der Waals surface area contributed by atoms with Gasteiger partial charge >= 0.3 is 5.97 Å². The highest BCUT2D eigenvalue weighted by atomic mass is 32.2. The van der Waals surface area contributed by atoms with Crippen molar-refractivity contribution in [1.82, 2.24) is 4.90 Å². The Morgan fingerprint density at radius 1 is 1.20 bits per heavy atom. The summed E-state index contributed by atoms with van der Waals surface area (Å²) in [5.41, 5.74) is 1.40. The van der Waals surface area contributed by atoms with E-state index in [-0.39, 0.29) is 17.6 Å². The van der Waals surface area contributed by atoms with E-state index >= 15 is 0 Å². The van der Waals surface area contributed by atoms with E-state index < -0.39 is 5.97 Å². The summed E-state index contributed by atoms with van der Waals surface area (Å²) in [4.78, 5) is 30.2. The SMILES string of the molecule is COc1cc(/C=C2/SC(=Nc3cccc(C(=O)O)c3)N(C)C2=O)ccc1OC(C)C. The molecule has 0 saturated carbocycles. The van der Waals surface area contributed by atoms with E-state index in [4.69, 9.17) is 14.6 Å². The average Bonchev–Trinajstić information content (AvgIpc) is 2.96. The van der Waals surface area contributed by atoms with Crippen LogP contribution in [-0.4, -0.2) is 47.3 Å². The highest BCUT2D eigenvalue weighted by Crippen LogP contribution is 2.35. The van der Waals surface area contributed by atoms with Crippen molar-refractivity contribution in [2.24, 2.45) is 4.99 Å². The van der Waals surface area contributed by atoms with Gasteiger partial charge < -0.3 is 14.6 Å². The first-order valence-electron chi connectivity index (χ1n) is 9.23. The van der Waals surface area contributed by atoms with Crippen molar-refractivity contribution >= 4 is 40.6 Å². The van der Waals surface area contributed by atoms with Gasteiger partial charge in [-0.25, -0.2) is 9.79 Å². The summed E-state index contributed by atoms with van der Waals surface area (Å²) in [7, 11) is 3.20. The summed E-state index contributed by atoms with van der Waals surface area (Å²) in [6.45, 7) is 3.87. The number of amidine groups is 1. The van der Waals surface area contributed by atoms with Crippen LogP contribution in [0.3, 0.4) is 0 Å². The lowest BCUT2D eigenvalue weighted by atomic mass is 10.2. The van der Waals surface area contributed by atoms with Crippen LogP contribution in [0.15, 0.2) is 52.4 Å². The zero-order chi connectivity index (χ0) is 21.8. The van der Waals surface area contributed by atoms with Gasteiger partial charge in [-0.3, -0.25) is 9.69 Å². The fourth-order valence-electron chi connectivity index (χ4n) is 2.75. The number of ether oxygens (including phenoxy) is 2. The Morgan fingerprint density at radius 3 is 2.63 bits per heavy atom. The number of thioether (sulfide) groups is 1. The number of hydrogen-bond acceptors (Lipinski definition) is 6. The third kappa shape index (κ3) is 4.83. The fraction of sp³-hybridized carbons (Fsp3) is 0.227. The van der Waals surface area contributed by atoms with Crippen LogP contribution in [0.4, 0.5) is 5.69 Å². The Bertz CT molecular complexity index is 1050. The second kappa shape index (κ2) is 9.04. The van der Waals surface area contributed by atoms with Crippen molar-refractivity contribution in [2.45, 2.75) is 20.0 Å². The largest absolute Gasteiger partial charge is 0.493 e. The van der Waals surface area contributed by atoms with Gasteiger partial charge in [0.15, 0.2) is 16.7 Å². The molecule has 1 N–H and O–H groups in total. The predicted octanol–water partition coefficient (Wildman–Crippen LogP) is 4.41. The Hall–Kier alpha value is -3.26. The monoisotopic (exact) mass is 426 g/mol. The Kier molecular flexibility index (Phi) is 6.47. The number of benzene rings is 2. The molecule has 2 aromatic rings. The standard InChI is InChI=1S/C22H22N2O5S/c1-13(2)29-17-9-8-14(10-18(17)28-4)11-19-20(25)24(3)22(30-19)23-16-7-5-6-15(12-16)21(26)27/h5-13H,1-4H3,(H,26,27)/b19-11+,23-22?. The van der Waals surface area contributed by atoms with Gasteiger partial charge in [0.1, 0.15) is 0 Å². The van der Waals surface area contributed by atoms with Crippen LogP contribution in [0.1, 0.15) is 29.8 Å². The maximum atomic E-state index is 12.7. The molecule has 2 aromatic carbocycles. The Balaban J connectivity index is 1.88. The number of aromatic carboxylic acids is 1. The first-order valence-corrected chi connectivity index (χ1v) is 10.0. The molecule has 8 heteroatoms. The van der Waals surface area contributed by atoms with E-state index in [1.807, 2.05) is 32.0 Å². The van der Waals surface area contributed by atoms with Crippen molar-refractivity contribution in [3.63, 3.8) is 0 Å². The second-order valence-electron chi connectivity index (χ2n) is 6.80. The van der Waals surface area contributed by atoms with Gasteiger partial charge in [-0.05, 0) is 67.6 Å². The molecule has 0 spiro atoms. The lowest BCUT2D eigenvalue weighted by Gasteiger charge is -2.13. The molecule has 0 radical (unpaired) electrons. The number of rotatable bonds is 6. The number of carbonyl (C=O) groups excluding carboxylic acids is 1. The maximum Gasteiger partial charge on any atom is 0.335 e. The molecule has 0 atom stereocenters. The summed E-state index contributed by atoms with van der Waals surface area (Å²) in [5, 5.41) is 9.61. The molecule has 0 aliphatic carbocycles. The van der Waals surface area contributed by atoms with Crippen molar-refractivity contribution < 1.29 is 24.2 Å². The number of amides is 1. The smallest absolute Gasteiger partial charge is 0.335 e. The summed E-state index contributed by atoms with van der Waals surface area (Å²) in [6.07, 6.45) is 1.78. The zero-order valence-corrected chi connectivity index (χ0v) is 17.9. The first kappa shape index (κ1) is 21.4. The molecule has 7 nitrogen and oxygen atoms in total. The van der Waals surface area contributed by atoms with Crippen molar-refractivity contribution in [3.8, 4) is 11.5 Å². The molecule has 1 fully saturated rings. The predicted molar refractivity (Wildman–Crippen MR) is 118 cm³/mol. The number of hydrogen-bond donors (Lipinski definition) is 1. The highest BCUT2D eigenvalue weighted by Gasteiger charge is 2.30. The van der Waals surface area contributed by atoms with E-state index in [9.17, 15) is 9.59 Å². The summed E-state index contributed by atoms with van der Waals surface area (Å²) < 4.78 is 11.1. The van der Waals surface area contributed by atoms with Crippen LogP contribution in [0.2, 0.25) is 0 Å².